The van der Waals surface area contributed by atoms with Crippen molar-refractivity contribution in [1.29, 1.82) is 0 Å². The molecule has 2 N–H and O–H groups in total. The van der Waals surface area contributed by atoms with Crippen LogP contribution in [-0.4, -0.2) is 17.6 Å². The smallest absolute Gasteiger partial charge is 0.307 e. The van der Waals surface area contributed by atoms with Crippen LogP contribution in [0.5, 0.6) is 0 Å². The third-order valence-electron chi connectivity index (χ3n) is 3.45. The average Bonchev–Trinajstić information content (AvgIpc) is 2.95. The number of carboxylic acid groups (broad SMARTS) is 1. The Labute approximate surface area is 109 Å². The van der Waals surface area contributed by atoms with Gasteiger partial charge in [-0.25, -0.2) is 0 Å². The summed E-state index contributed by atoms with van der Waals surface area (Å²) < 4.78 is 5.34. The van der Waals surface area contributed by atoms with Crippen LogP contribution in [0.15, 0.2) is 28.9 Å². The molecule has 2 aromatic rings. The molecule has 1 aliphatic heterocycles. The Balaban J connectivity index is 2.02. The number of aliphatic carboxylic acids is 1. The number of nitrogens with one attached hydrogen (secondary N) is 1. The number of benzene rings is 1. The van der Waals surface area contributed by atoms with Gasteiger partial charge in [-0.1, -0.05) is 11.6 Å². The van der Waals surface area contributed by atoms with Crippen molar-refractivity contribution >= 4 is 28.5 Å². The van der Waals surface area contributed by atoms with E-state index >= 15 is 0 Å². The molecule has 1 fully saturated rings. The normalized spacial score (nSPS) is 23.6. The van der Waals surface area contributed by atoms with Crippen molar-refractivity contribution in [2.24, 2.45) is 5.92 Å². The first-order chi connectivity index (χ1) is 8.66. The van der Waals surface area contributed by atoms with Crippen LogP contribution in [0, 0.1) is 5.92 Å². The summed E-state index contributed by atoms with van der Waals surface area (Å²) in [5.74, 6) is -1.12. The molecular weight excluding hydrogens is 254 g/mol. The van der Waals surface area contributed by atoms with Crippen LogP contribution >= 0.6 is 11.6 Å². The van der Waals surface area contributed by atoms with E-state index in [-0.39, 0.29) is 12.0 Å². The Hall–Kier alpha value is -1.52. The van der Waals surface area contributed by atoms with E-state index in [1.807, 2.05) is 12.1 Å². The van der Waals surface area contributed by atoms with Crippen molar-refractivity contribution < 1.29 is 14.3 Å². The maximum atomic E-state index is 11.0. The van der Waals surface area contributed by atoms with Gasteiger partial charge in [0.1, 0.15) is 5.58 Å². The highest BCUT2D eigenvalue weighted by atomic mass is 35.5. The summed E-state index contributed by atoms with van der Waals surface area (Å²) in [6.45, 7) is 0.477. The molecule has 1 aromatic heterocycles. The predicted octanol–water partition coefficient (Wildman–Crippen LogP) is 2.82. The molecule has 18 heavy (non-hydrogen) atoms. The Morgan fingerprint density at radius 3 is 3.00 bits per heavy atom. The van der Waals surface area contributed by atoms with Crippen LogP contribution in [0.1, 0.15) is 18.0 Å². The number of furan rings is 1. The van der Waals surface area contributed by atoms with E-state index in [0.29, 0.717) is 18.0 Å². The molecule has 1 aromatic carbocycles. The zero-order valence-electron chi connectivity index (χ0n) is 9.52. The van der Waals surface area contributed by atoms with Gasteiger partial charge in [0.25, 0.3) is 0 Å². The van der Waals surface area contributed by atoms with Gasteiger partial charge in [-0.05, 0) is 30.2 Å². The fraction of sp³-hybridized carbons (Fsp3) is 0.308. The van der Waals surface area contributed by atoms with Gasteiger partial charge in [0, 0.05) is 23.0 Å². The maximum absolute atomic E-state index is 11.0. The zero-order chi connectivity index (χ0) is 12.7. The van der Waals surface area contributed by atoms with Crippen molar-refractivity contribution in [2.45, 2.75) is 12.5 Å². The maximum Gasteiger partial charge on any atom is 0.307 e. The molecule has 2 atom stereocenters. The van der Waals surface area contributed by atoms with E-state index in [9.17, 15) is 4.79 Å². The number of hydrogen-bond donors (Lipinski definition) is 2. The molecule has 1 saturated heterocycles. The van der Waals surface area contributed by atoms with Crippen LogP contribution in [0.3, 0.4) is 0 Å². The third kappa shape index (κ3) is 1.78. The van der Waals surface area contributed by atoms with Crippen LogP contribution in [0.4, 0.5) is 0 Å². The van der Waals surface area contributed by atoms with Crippen molar-refractivity contribution in [2.75, 3.05) is 6.54 Å². The lowest BCUT2D eigenvalue weighted by molar-refractivity contribution is -0.141. The first kappa shape index (κ1) is 11.6. The fourth-order valence-electron chi connectivity index (χ4n) is 2.54. The molecule has 0 aliphatic carbocycles. The molecule has 0 amide bonds. The molecule has 0 bridgehead atoms. The summed E-state index contributed by atoms with van der Waals surface area (Å²) in [4.78, 5) is 11.0. The Morgan fingerprint density at radius 2 is 2.28 bits per heavy atom. The van der Waals surface area contributed by atoms with Crippen LogP contribution in [0.25, 0.3) is 11.0 Å². The predicted molar refractivity (Wildman–Crippen MR) is 67.7 cm³/mol. The molecule has 0 spiro atoms. The van der Waals surface area contributed by atoms with Crippen molar-refractivity contribution in [3.05, 3.63) is 35.0 Å². The minimum Gasteiger partial charge on any atom is -0.481 e. The molecule has 0 saturated carbocycles. The van der Waals surface area contributed by atoms with Crippen molar-refractivity contribution in [3.63, 3.8) is 0 Å². The highest BCUT2D eigenvalue weighted by molar-refractivity contribution is 6.32. The summed E-state index contributed by atoms with van der Waals surface area (Å²) in [7, 11) is 0. The van der Waals surface area contributed by atoms with E-state index < -0.39 is 5.97 Å². The number of halogens is 1. The summed E-state index contributed by atoms with van der Waals surface area (Å²) in [5.41, 5.74) is 1.71. The van der Waals surface area contributed by atoms with Gasteiger partial charge < -0.3 is 14.8 Å². The molecule has 4 nitrogen and oxygen atoms in total. The lowest BCUT2D eigenvalue weighted by atomic mass is 9.97. The third-order valence-corrected chi connectivity index (χ3v) is 3.78. The second kappa shape index (κ2) is 4.30. The van der Waals surface area contributed by atoms with Crippen LogP contribution in [0.2, 0.25) is 5.02 Å². The summed E-state index contributed by atoms with van der Waals surface area (Å²) in [6, 6.07) is 5.45. The molecule has 5 heteroatoms. The van der Waals surface area contributed by atoms with Crippen molar-refractivity contribution in [1.82, 2.24) is 5.32 Å². The highest BCUT2D eigenvalue weighted by Gasteiger charge is 2.32. The SMILES string of the molecule is O=C(O)C1CNC(c2c(Cl)ccc3occc23)C1. The highest BCUT2D eigenvalue weighted by Crippen LogP contribution is 2.37. The van der Waals surface area contributed by atoms with Gasteiger partial charge in [0.05, 0.1) is 12.2 Å². The summed E-state index contributed by atoms with van der Waals surface area (Å²) in [5, 5.41) is 13.8. The Kier molecular flexibility index (Phi) is 2.76. The minimum absolute atomic E-state index is 0.0279. The van der Waals surface area contributed by atoms with E-state index in [4.69, 9.17) is 21.1 Å². The lowest BCUT2D eigenvalue weighted by Gasteiger charge is -2.13. The van der Waals surface area contributed by atoms with Crippen LogP contribution < -0.4 is 5.32 Å². The molecule has 3 rings (SSSR count). The fourth-order valence-corrected chi connectivity index (χ4v) is 2.83. The standard InChI is InChI=1S/C13H12ClNO3/c14-9-1-2-11-8(3-4-18-11)12(9)10-5-7(6-15-10)13(16)17/h1-4,7,10,15H,5-6H2,(H,16,17). The second-order valence-corrected chi connectivity index (χ2v) is 4.93. The van der Waals surface area contributed by atoms with E-state index in [1.54, 1.807) is 12.3 Å². The van der Waals surface area contributed by atoms with Gasteiger partial charge >= 0.3 is 5.97 Å². The van der Waals surface area contributed by atoms with Crippen molar-refractivity contribution in [3.8, 4) is 0 Å². The second-order valence-electron chi connectivity index (χ2n) is 4.53. The van der Waals surface area contributed by atoms with E-state index in [1.165, 1.54) is 0 Å². The van der Waals surface area contributed by atoms with Gasteiger partial charge in [-0.15, -0.1) is 0 Å². The number of rotatable bonds is 2. The molecule has 2 heterocycles. The number of fused-ring (bicyclic) bond motifs is 1. The molecule has 0 radical (unpaired) electrons. The molecule has 1 aliphatic rings. The monoisotopic (exact) mass is 265 g/mol. The van der Waals surface area contributed by atoms with E-state index in [2.05, 4.69) is 5.32 Å². The Morgan fingerprint density at radius 1 is 1.44 bits per heavy atom. The first-order valence-corrected chi connectivity index (χ1v) is 6.16. The van der Waals surface area contributed by atoms with E-state index in [0.717, 1.165) is 16.5 Å². The molecule has 2 unspecified atom stereocenters. The zero-order valence-corrected chi connectivity index (χ0v) is 10.3. The summed E-state index contributed by atoms with van der Waals surface area (Å²) in [6.07, 6.45) is 2.17. The average molecular weight is 266 g/mol. The summed E-state index contributed by atoms with van der Waals surface area (Å²) >= 11 is 6.24. The van der Waals surface area contributed by atoms with Gasteiger partial charge in [-0.3, -0.25) is 4.79 Å². The van der Waals surface area contributed by atoms with Gasteiger partial charge in [0.15, 0.2) is 0 Å². The minimum atomic E-state index is -0.763. The van der Waals surface area contributed by atoms with Crippen LogP contribution in [-0.2, 0) is 4.79 Å². The first-order valence-electron chi connectivity index (χ1n) is 5.78. The topological polar surface area (TPSA) is 62.5 Å². The Bertz CT molecular complexity index is 607. The quantitative estimate of drug-likeness (QED) is 0.876. The number of carboxylic acids is 1. The van der Waals surface area contributed by atoms with Gasteiger partial charge in [-0.2, -0.15) is 0 Å². The number of hydrogen-bond acceptors (Lipinski definition) is 3. The molecular formula is C13H12ClNO3. The van der Waals surface area contributed by atoms with Gasteiger partial charge in [0.2, 0.25) is 0 Å². The molecule has 94 valence electrons. The number of carbonyl (C=O) groups is 1. The largest absolute Gasteiger partial charge is 0.481 e. The lowest BCUT2D eigenvalue weighted by Crippen LogP contribution is -2.17.